The molecule has 3 N–H and O–H groups in total. The Balaban J connectivity index is 2.98. The van der Waals surface area contributed by atoms with Gasteiger partial charge in [0.1, 0.15) is 10.7 Å². The van der Waals surface area contributed by atoms with E-state index in [1.54, 1.807) is 0 Å². The van der Waals surface area contributed by atoms with Gasteiger partial charge in [0, 0.05) is 12.2 Å². The van der Waals surface area contributed by atoms with Crippen molar-refractivity contribution in [3.8, 4) is 0 Å². The zero-order valence-corrected chi connectivity index (χ0v) is 11.6. The number of nitrogen functional groups attached to an aromatic ring is 1. The molecule has 0 aliphatic carbocycles. The van der Waals surface area contributed by atoms with Gasteiger partial charge in [0.2, 0.25) is 10.0 Å². The van der Waals surface area contributed by atoms with E-state index in [-0.39, 0.29) is 22.7 Å². The van der Waals surface area contributed by atoms with E-state index in [9.17, 15) is 12.8 Å². The van der Waals surface area contributed by atoms with Crippen LogP contribution in [-0.4, -0.2) is 15.0 Å². The molecule has 0 bridgehead atoms. The third kappa shape index (κ3) is 3.68. The average Bonchev–Trinajstić information content (AvgIpc) is 2.22. The van der Waals surface area contributed by atoms with E-state index >= 15 is 0 Å². The first kappa shape index (κ1) is 14.9. The molecule has 1 aromatic carbocycles. The van der Waals surface area contributed by atoms with Crippen molar-refractivity contribution in [1.29, 1.82) is 0 Å². The molecule has 0 aliphatic heterocycles. The Kier molecular flexibility index (Phi) is 4.70. The lowest BCUT2D eigenvalue weighted by Gasteiger charge is -2.11. The van der Waals surface area contributed by atoms with Gasteiger partial charge in [-0.2, -0.15) is 0 Å². The van der Waals surface area contributed by atoms with Crippen LogP contribution in [0.4, 0.5) is 10.1 Å². The number of nitrogens with two attached hydrogens (primary N) is 1. The van der Waals surface area contributed by atoms with Crippen molar-refractivity contribution in [2.45, 2.75) is 32.1 Å². The van der Waals surface area contributed by atoms with Crippen LogP contribution in [0, 0.1) is 18.7 Å². The Hall–Kier alpha value is -1.14. The number of anilines is 1. The summed E-state index contributed by atoms with van der Waals surface area (Å²) in [6.07, 6.45) is 0.697. The van der Waals surface area contributed by atoms with Gasteiger partial charge in [-0.1, -0.05) is 13.8 Å². The van der Waals surface area contributed by atoms with Gasteiger partial charge in [0.05, 0.1) is 0 Å². The van der Waals surface area contributed by atoms with Crippen LogP contribution < -0.4 is 10.5 Å². The number of benzene rings is 1. The summed E-state index contributed by atoms with van der Waals surface area (Å²) >= 11 is 0. The molecule has 4 nitrogen and oxygen atoms in total. The molecule has 18 heavy (non-hydrogen) atoms. The fourth-order valence-corrected chi connectivity index (χ4v) is 2.75. The van der Waals surface area contributed by atoms with Gasteiger partial charge in [-0.3, -0.25) is 0 Å². The highest BCUT2D eigenvalue weighted by Crippen LogP contribution is 2.21. The first-order valence-corrected chi connectivity index (χ1v) is 7.27. The Bertz CT molecular complexity index is 527. The second-order valence-corrected chi connectivity index (χ2v) is 6.47. The maximum atomic E-state index is 13.8. The fraction of sp³-hybridized carbons (Fsp3) is 0.500. The number of rotatable bonds is 5. The van der Waals surface area contributed by atoms with Gasteiger partial charge in [-0.15, -0.1) is 0 Å². The quantitative estimate of drug-likeness (QED) is 0.807. The summed E-state index contributed by atoms with van der Waals surface area (Å²) in [5.41, 5.74) is 6.00. The Morgan fingerprint density at radius 2 is 2.00 bits per heavy atom. The minimum Gasteiger partial charge on any atom is -0.399 e. The van der Waals surface area contributed by atoms with Crippen LogP contribution in [0.25, 0.3) is 0 Å². The van der Waals surface area contributed by atoms with Crippen molar-refractivity contribution in [2.24, 2.45) is 5.92 Å². The van der Waals surface area contributed by atoms with E-state index in [2.05, 4.69) is 4.72 Å². The molecule has 0 radical (unpaired) electrons. The lowest BCUT2D eigenvalue weighted by atomic mass is 10.1. The maximum absolute atomic E-state index is 13.8. The molecule has 0 aromatic heterocycles. The molecular weight excluding hydrogens is 255 g/mol. The minimum atomic E-state index is -3.84. The van der Waals surface area contributed by atoms with Crippen LogP contribution in [0.2, 0.25) is 0 Å². The van der Waals surface area contributed by atoms with Crippen LogP contribution >= 0.6 is 0 Å². The maximum Gasteiger partial charge on any atom is 0.243 e. The lowest BCUT2D eigenvalue weighted by molar-refractivity contribution is 0.538. The van der Waals surface area contributed by atoms with Crippen molar-refractivity contribution >= 4 is 15.7 Å². The summed E-state index contributed by atoms with van der Waals surface area (Å²) in [6, 6.07) is 2.54. The molecule has 0 spiro atoms. The number of nitrogens with one attached hydrogen (secondary N) is 1. The fourth-order valence-electron chi connectivity index (χ4n) is 1.52. The molecule has 6 heteroatoms. The van der Waals surface area contributed by atoms with Crippen LogP contribution in [0.3, 0.4) is 0 Å². The zero-order valence-electron chi connectivity index (χ0n) is 10.8. The van der Waals surface area contributed by atoms with Crippen molar-refractivity contribution in [2.75, 3.05) is 12.3 Å². The molecular formula is C12H19FN2O2S. The summed E-state index contributed by atoms with van der Waals surface area (Å²) in [5.74, 6) is -0.374. The number of hydrogen-bond donors (Lipinski definition) is 2. The van der Waals surface area contributed by atoms with Gasteiger partial charge in [-0.05, 0) is 37.0 Å². The van der Waals surface area contributed by atoms with Gasteiger partial charge in [0.15, 0.2) is 0 Å². The molecule has 1 rings (SSSR count). The van der Waals surface area contributed by atoms with E-state index in [0.29, 0.717) is 12.3 Å². The summed E-state index contributed by atoms with van der Waals surface area (Å²) in [4.78, 5) is -0.385. The molecule has 0 saturated heterocycles. The highest BCUT2D eigenvalue weighted by molar-refractivity contribution is 7.89. The van der Waals surface area contributed by atoms with Crippen molar-refractivity contribution in [1.82, 2.24) is 4.72 Å². The Morgan fingerprint density at radius 3 is 2.56 bits per heavy atom. The SMILES string of the molecule is Cc1cc(N)cc(S(=O)(=O)NCCC(C)C)c1F. The molecule has 1 aromatic rings. The van der Waals surface area contributed by atoms with Crippen molar-refractivity contribution < 1.29 is 12.8 Å². The van der Waals surface area contributed by atoms with Crippen LogP contribution in [0.15, 0.2) is 17.0 Å². The first-order valence-electron chi connectivity index (χ1n) is 5.79. The summed E-state index contributed by atoms with van der Waals surface area (Å²) in [5, 5.41) is 0. The standard InChI is InChI=1S/C12H19FN2O2S/c1-8(2)4-5-15-18(16,17)11-7-10(14)6-9(3)12(11)13/h6-8,15H,4-5,14H2,1-3H3. The van der Waals surface area contributed by atoms with Crippen LogP contribution in [0.1, 0.15) is 25.8 Å². The van der Waals surface area contributed by atoms with Crippen LogP contribution in [-0.2, 0) is 10.0 Å². The van der Waals surface area contributed by atoms with Crippen molar-refractivity contribution in [3.05, 3.63) is 23.5 Å². The second kappa shape index (κ2) is 5.67. The lowest BCUT2D eigenvalue weighted by Crippen LogP contribution is -2.26. The van der Waals surface area contributed by atoms with Gasteiger partial charge in [0.25, 0.3) is 0 Å². The predicted molar refractivity (Wildman–Crippen MR) is 70.2 cm³/mol. The molecule has 102 valence electrons. The van der Waals surface area contributed by atoms with E-state index in [1.807, 2.05) is 13.8 Å². The number of aryl methyl sites for hydroxylation is 1. The van der Waals surface area contributed by atoms with E-state index in [4.69, 9.17) is 5.73 Å². The van der Waals surface area contributed by atoms with E-state index < -0.39 is 15.8 Å². The molecule has 0 unspecified atom stereocenters. The van der Waals surface area contributed by atoms with Crippen molar-refractivity contribution in [3.63, 3.8) is 0 Å². The predicted octanol–water partition coefficient (Wildman–Crippen LogP) is 2.04. The smallest absolute Gasteiger partial charge is 0.243 e. The summed E-state index contributed by atoms with van der Waals surface area (Å²) in [7, 11) is -3.84. The largest absolute Gasteiger partial charge is 0.399 e. The zero-order chi connectivity index (χ0) is 13.9. The second-order valence-electron chi connectivity index (χ2n) is 4.73. The monoisotopic (exact) mass is 274 g/mol. The number of hydrogen-bond acceptors (Lipinski definition) is 3. The van der Waals surface area contributed by atoms with Gasteiger partial charge in [-0.25, -0.2) is 17.5 Å². The van der Waals surface area contributed by atoms with E-state index in [0.717, 1.165) is 6.07 Å². The average molecular weight is 274 g/mol. The van der Waals surface area contributed by atoms with Crippen LogP contribution in [0.5, 0.6) is 0 Å². The third-order valence-corrected chi connectivity index (χ3v) is 4.01. The third-order valence-electron chi connectivity index (χ3n) is 2.55. The molecule has 0 heterocycles. The number of sulfonamides is 1. The Morgan fingerprint density at radius 1 is 1.39 bits per heavy atom. The Labute approximate surface area is 107 Å². The topological polar surface area (TPSA) is 72.2 Å². The van der Waals surface area contributed by atoms with Gasteiger partial charge < -0.3 is 5.73 Å². The molecule has 0 amide bonds. The molecule has 0 fully saturated rings. The summed E-state index contributed by atoms with van der Waals surface area (Å²) in [6.45, 7) is 5.74. The molecule has 0 atom stereocenters. The van der Waals surface area contributed by atoms with Gasteiger partial charge >= 0.3 is 0 Å². The normalized spacial score (nSPS) is 12.1. The highest BCUT2D eigenvalue weighted by Gasteiger charge is 2.20. The molecule has 0 saturated carbocycles. The molecule has 0 aliphatic rings. The van der Waals surface area contributed by atoms with E-state index in [1.165, 1.54) is 13.0 Å². The highest BCUT2D eigenvalue weighted by atomic mass is 32.2. The summed E-state index contributed by atoms with van der Waals surface area (Å²) < 4.78 is 40.0. The number of halogens is 1. The minimum absolute atomic E-state index is 0.222. The first-order chi connectivity index (χ1) is 8.24.